The predicted molar refractivity (Wildman–Crippen MR) is 109 cm³/mol. The van der Waals surface area contributed by atoms with Crippen LogP contribution >= 0.6 is 0 Å². The van der Waals surface area contributed by atoms with Gasteiger partial charge in [0.25, 0.3) is 5.91 Å². The predicted octanol–water partition coefficient (Wildman–Crippen LogP) is 1.34. The first kappa shape index (κ1) is 18.9. The number of hydrogen-bond donors (Lipinski definition) is 2. The third kappa shape index (κ3) is 4.16. The summed E-state index contributed by atoms with van der Waals surface area (Å²) in [7, 11) is 0. The summed E-state index contributed by atoms with van der Waals surface area (Å²) in [6, 6.07) is 10.7. The number of pyridine rings is 1. The smallest absolute Gasteiger partial charge is 0.252 e. The van der Waals surface area contributed by atoms with Crippen LogP contribution in [0.5, 0.6) is 0 Å². The van der Waals surface area contributed by atoms with E-state index < -0.39 is 5.91 Å². The summed E-state index contributed by atoms with van der Waals surface area (Å²) in [5.41, 5.74) is 14.5. The number of nitrogens with two attached hydrogens (primary N) is 2. The van der Waals surface area contributed by atoms with E-state index in [2.05, 4.69) is 39.0 Å². The number of nitrogen functional groups attached to an aromatic ring is 1. The van der Waals surface area contributed by atoms with Gasteiger partial charge in [-0.05, 0) is 23.6 Å². The Labute approximate surface area is 165 Å². The molecule has 1 amide bonds. The minimum absolute atomic E-state index is 0.164. The minimum Gasteiger partial charge on any atom is -0.383 e. The van der Waals surface area contributed by atoms with Gasteiger partial charge in [-0.15, -0.1) is 0 Å². The molecule has 3 heterocycles. The van der Waals surface area contributed by atoms with Crippen molar-refractivity contribution in [1.29, 1.82) is 0 Å². The summed E-state index contributed by atoms with van der Waals surface area (Å²) >= 11 is 0. The maximum Gasteiger partial charge on any atom is 0.252 e. The van der Waals surface area contributed by atoms with Gasteiger partial charge in [-0.3, -0.25) is 14.6 Å². The third-order valence-corrected chi connectivity index (χ3v) is 5.69. The molecule has 1 aromatic carbocycles. The van der Waals surface area contributed by atoms with Crippen LogP contribution in [0.3, 0.4) is 0 Å². The first-order chi connectivity index (χ1) is 13.6. The molecule has 4 N–H and O–H groups in total. The Kier molecular flexibility index (Phi) is 5.57. The van der Waals surface area contributed by atoms with Crippen LogP contribution in [0.15, 0.2) is 36.5 Å². The second-order valence-corrected chi connectivity index (χ2v) is 7.54. The van der Waals surface area contributed by atoms with Gasteiger partial charge in [0, 0.05) is 50.5 Å². The number of rotatable bonds is 5. The Morgan fingerprint density at radius 3 is 2.61 bits per heavy atom. The first-order valence-corrected chi connectivity index (χ1v) is 9.79. The summed E-state index contributed by atoms with van der Waals surface area (Å²) in [4.78, 5) is 20.7. The number of morpholine rings is 1. The normalized spacial score (nSPS) is 21.1. The van der Waals surface area contributed by atoms with E-state index in [1.54, 1.807) is 12.3 Å². The molecule has 1 aromatic heterocycles. The average Bonchev–Trinajstić information content (AvgIpc) is 3.18. The van der Waals surface area contributed by atoms with Crippen molar-refractivity contribution in [1.82, 2.24) is 14.8 Å². The molecule has 28 heavy (non-hydrogen) atoms. The maximum absolute atomic E-state index is 11.5. The molecule has 7 heteroatoms. The molecule has 2 aliphatic rings. The Bertz CT molecular complexity index is 833. The summed E-state index contributed by atoms with van der Waals surface area (Å²) < 4.78 is 5.46. The molecular formula is C21H27N5O2. The number of aromatic nitrogens is 1. The highest BCUT2D eigenvalue weighted by Crippen LogP contribution is 2.24. The third-order valence-electron chi connectivity index (χ3n) is 5.69. The number of primary amides is 1. The number of hydrogen-bond acceptors (Lipinski definition) is 6. The van der Waals surface area contributed by atoms with Crippen molar-refractivity contribution in [3.8, 4) is 11.1 Å². The number of nitrogens with zero attached hydrogens (tertiary/aromatic N) is 3. The fraction of sp³-hybridized carbons (Fsp3) is 0.429. The first-order valence-electron chi connectivity index (χ1n) is 9.79. The van der Waals surface area contributed by atoms with Crippen LogP contribution in [0, 0.1) is 0 Å². The summed E-state index contributed by atoms with van der Waals surface area (Å²) in [5, 5.41) is 0. The van der Waals surface area contributed by atoms with E-state index in [1.807, 2.05) is 0 Å². The zero-order chi connectivity index (χ0) is 19.5. The number of benzene rings is 1. The molecule has 2 fully saturated rings. The highest BCUT2D eigenvalue weighted by Gasteiger charge is 2.28. The quantitative estimate of drug-likeness (QED) is 0.811. The molecule has 2 saturated heterocycles. The molecule has 0 radical (unpaired) electrons. The SMILES string of the molecule is NC(=O)c1cc(-c2ccc(CN3CCC(N4CCOCC4)C3)cc2)cnc1N. The lowest BCUT2D eigenvalue weighted by atomic mass is 10.0. The topological polar surface area (TPSA) is 97.7 Å². The van der Waals surface area contributed by atoms with Crippen molar-refractivity contribution in [3.05, 3.63) is 47.7 Å². The molecule has 2 aromatic rings. The average molecular weight is 381 g/mol. The van der Waals surface area contributed by atoms with E-state index in [0.717, 1.165) is 57.1 Å². The Morgan fingerprint density at radius 1 is 1.14 bits per heavy atom. The largest absolute Gasteiger partial charge is 0.383 e. The van der Waals surface area contributed by atoms with Crippen molar-refractivity contribution in [2.24, 2.45) is 5.73 Å². The van der Waals surface area contributed by atoms with Crippen LogP contribution in [0.4, 0.5) is 5.82 Å². The second kappa shape index (κ2) is 8.26. The molecule has 148 valence electrons. The van der Waals surface area contributed by atoms with Gasteiger partial charge in [-0.2, -0.15) is 0 Å². The van der Waals surface area contributed by atoms with Gasteiger partial charge in [-0.25, -0.2) is 4.98 Å². The standard InChI is InChI=1S/C21H27N5O2/c22-20-19(21(23)27)11-17(12-24-20)16-3-1-15(2-4-16)13-25-6-5-18(14-25)26-7-9-28-10-8-26/h1-4,11-12,18H,5-10,13-14H2,(H2,22,24)(H2,23,27). The molecule has 2 aliphatic heterocycles. The van der Waals surface area contributed by atoms with Crippen molar-refractivity contribution in [3.63, 3.8) is 0 Å². The highest BCUT2D eigenvalue weighted by molar-refractivity contribution is 5.98. The number of ether oxygens (including phenoxy) is 1. The molecule has 0 spiro atoms. The van der Waals surface area contributed by atoms with Crippen LogP contribution in [-0.2, 0) is 11.3 Å². The maximum atomic E-state index is 11.5. The Morgan fingerprint density at radius 2 is 1.89 bits per heavy atom. The highest BCUT2D eigenvalue weighted by atomic mass is 16.5. The van der Waals surface area contributed by atoms with E-state index in [0.29, 0.717) is 6.04 Å². The molecule has 4 rings (SSSR count). The monoisotopic (exact) mass is 381 g/mol. The van der Waals surface area contributed by atoms with Crippen molar-refractivity contribution >= 4 is 11.7 Å². The molecule has 0 bridgehead atoms. The van der Waals surface area contributed by atoms with Crippen molar-refractivity contribution < 1.29 is 9.53 Å². The lowest BCUT2D eigenvalue weighted by Gasteiger charge is -2.32. The molecule has 1 atom stereocenters. The second-order valence-electron chi connectivity index (χ2n) is 7.54. The minimum atomic E-state index is -0.563. The number of amides is 1. The Balaban J connectivity index is 1.39. The zero-order valence-electron chi connectivity index (χ0n) is 16.0. The number of anilines is 1. The van der Waals surface area contributed by atoms with Crippen LogP contribution in [0.2, 0.25) is 0 Å². The summed E-state index contributed by atoms with van der Waals surface area (Å²) in [6.45, 7) is 7.02. The zero-order valence-corrected chi connectivity index (χ0v) is 16.0. The van der Waals surface area contributed by atoms with Gasteiger partial charge in [0.05, 0.1) is 18.8 Å². The van der Waals surface area contributed by atoms with Gasteiger partial charge in [0.1, 0.15) is 5.82 Å². The van der Waals surface area contributed by atoms with Crippen molar-refractivity contribution in [2.75, 3.05) is 45.1 Å². The van der Waals surface area contributed by atoms with Crippen LogP contribution in [0.1, 0.15) is 22.3 Å². The fourth-order valence-corrected chi connectivity index (χ4v) is 4.09. The molecule has 7 nitrogen and oxygen atoms in total. The van der Waals surface area contributed by atoms with E-state index in [1.165, 1.54) is 12.0 Å². The van der Waals surface area contributed by atoms with E-state index in [9.17, 15) is 4.79 Å². The van der Waals surface area contributed by atoms with E-state index >= 15 is 0 Å². The molecular weight excluding hydrogens is 354 g/mol. The molecule has 1 unspecified atom stereocenters. The Hall–Kier alpha value is -2.48. The van der Waals surface area contributed by atoms with Gasteiger partial charge in [0.2, 0.25) is 0 Å². The van der Waals surface area contributed by atoms with Gasteiger partial charge < -0.3 is 16.2 Å². The van der Waals surface area contributed by atoms with Crippen LogP contribution < -0.4 is 11.5 Å². The number of carbonyl (C=O) groups excluding carboxylic acids is 1. The summed E-state index contributed by atoms with van der Waals surface area (Å²) in [5.74, 6) is -0.399. The lowest BCUT2D eigenvalue weighted by Crippen LogP contribution is -2.44. The van der Waals surface area contributed by atoms with Gasteiger partial charge >= 0.3 is 0 Å². The number of carbonyl (C=O) groups is 1. The number of likely N-dealkylation sites (tertiary alicyclic amines) is 1. The van der Waals surface area contributed by atoms with Crippen LogP contribution in [-0.4, -0.2) is 66.1 Å². The van der Waals surface area contributed by atoms with Gasteiger partial charge in [0.15, 0.2) is 0 Å². The molecule has 0 aliphatic carbocycles. The summed E-state index contributed by atoms with van der Waals surface area (Å²) in [6.07, 6.45) is 2.90. The molecule has 0 saturated carbocycles. The van der Waals surface area contributed by atoms with Crippen LogP contribution in [0.25, 0.3) is 11.1 Å². The van der Waals surface area contributed by atoms with Crippen molar-refractivity contribution in [2.45, 2.75) is 19.0 Å². The fourth-order valence-electron chi connectivity index (χ4n) is 4.09. The van der Waals surface area contributed by atoms with E-state index in [4.69, 9.17) is 16.2 Å². The van der Waals surface area contributed by atoms with E-state index in [-0.39, 0.29) is 11.4 Å². The van der Waals surface area contributed by atoms with Gasteiger partial charge in [-0.1, -0.05) is 24.3 Å². The lowest BCUT2D eigenvalue weighted by molar-refractivity contribution is 0.0184.